The molecule has 1 heterocycles. The minimum atomic E-state index is -0.548. The molecule has 9 heteroatoms. The number of amides is 1. The third-order valence-electron chi connectivity index (χ3n) is 5.13. The molecular weight excluding hydrogens is 476 g/mol. The Labute approximate surface area is 215 Å². The lowest BCUT2D eigenvalue weighted by Gasteiger charge is -2.14. The minimum absolute atomic E-state index is 0.0617. The van der Waals surface area contributed by atoms with Crippen molar-refractivity contribution in [2.45, 2.75) is 34.1 Å². The van der Waals surface area contributed by atoms with Gasteiger partial charge in [0.15, 0.2) is 11.5 Å². The molecule has 1 N–H and O–H groups in total. The normalized spacial score (nSPS) is 11.2. The molecule has 0 aliphatic heterocycles. The number of hydrogen-bond donors (Lipinski definition) is 1. The first-order chi connectivity index (χ1) is 17.3. The summed E-state index contributed by atoms with van der Waals surface area (Å²) in [6, 6.07) is 13.1. The average Bonchev–Trinajstić information content (AvgIpc) is 3.27. The van der Waals surface area contributed by atoms with E-state index in [0.717, 1.165) is 28.3 Å². The van der Waals surface area contributed by atoms with Crippen LogP contribution in [0.2, 0.25) is 0 Å². The molecule has 0 aliphatic rings. The Hall–Kier alpha value is -3.90. The van der Waals surface area contributed by atoms with Crippen LogP contribution < -0.4 is 19.5 Å². The summed E-state index contributed by atoms with van der Waals surface area (Å²) in [5, 5.41) is 21.5. The zero-order valence-electron chi connectivity index (χ0n) is 21.1. The quantitative estimate of drug-likeness (QED) is 0.212. The highest BCUT2D eigenvalue weighted by atomic mass is 32.1. The lowest BCUT2D eigenvalue weighted by molar-refractivity contribution is -0.112. The van der Waals surface area contributed by atoms with Gasteiger partial charge in [0.25, 0.3) is 5.91 Å². The van der Waals surface area contributed by atoms with Crippen LogP contribution >= 0.6 is 11.3 Å². The van der Waals surface area contributed by atoms with Gasteiger partial charge in [-0.1, -0.05) is 49.4 Å². The number of ether oxygens (including phenoxy) is 3. The molecule has 0 unspecified atom stereocenters. The third kappa shape index (κ3) is 7.30. The number of aryl methyl sites for hydroxylation is 2. The van der Waals surface area contributed by atoms with Crippen LogP contribution in [-0.4, -0.2) is 36.4 Å². The van der Waals surface area contributed by atoms with Crippen molar-refractivity contribution in [3.63, 3.8) is 0 Å². The van der Waals surface area contributed by atoms with Crippen LogP contribution in [0.25, 0.3) is 6.08 Å². The van der Waals surface area contributed by atoms with Gasteiger partial charge in [-0.15, -0.1) is 10.2 Å². The molecule has 0 atom stereocenters. The second kappa shape index (κ2) is 12.7. The van der Waals surface area contributed by atoms with E-state index in [1.807, 2.05) is 38.1 Å². The van der Waals surface area contributed by atoms with Crippen LogP contribution in [0.1, 0.15) is 35.5 Å². The van der Waals surface area contributed by atoms with Gasteiger partial charge in [-0.25, -0.2) is 0 Å². The molecule has 3 rings (SSSR count). The Morgan fingerprint density at radius 1 is 1.11 bits per heavy atom. The predicted molar refractivity (Wildman–Crippen MR) is 141 cm³/mol. The van der Waals surface area contributed by atoms with Gasteiger partial charge < -0.3 is 14.2 Å². The maximum atomic E-state index is 12.6. The fourth-order valence-corrected chi connectivity index (χ4v) is 4.38. The summed E-state index contributed by atoms with van der Waals surface area (Å²) >= 11 is 1.30. The van der Waals surface area contributed by atoms with Crippen molar-refractivity contribution in [3.8, 4) is 23.3 Å². The summed E-state index contributed by atoms with van der Waals surface area (Å²) in [6.45, 7) is 8.88. The number of para-hydroxylation sites is 1. The monoisotopic (exact) mass is 506 g/mol. The van der Waals surface area contributed by atoms with Gasteiger partial charge in [-0.3, -0.25) is 10.1 Å². The molecule has 0 bridgehead atoms. The SMILES string of the molecule is COc1cc(/C=C(/C#N)C(=O)Nc2nnc(CC(C)C)s2)ccc1OCCOc1c(C)cccc1C. The minimum Gasteiger partial charge on any atom is -0.493 e. The van der Waals surface area contributed by atoms with Gasteiger partial charge in [0.1, 0.15) is 35.6 Å². The maximum Gasteiger partial charge on any atom is 0.268 e. The van der Waals surface area contributed by atoms with E-state index in [-0.39, 0.29) is 5.57 Å². The Morgan fingerprint density at radius 2 is 1.83 bits per heavy atom. The molecule has 0 fully saturated rings. The number of carbonyl (C=O) groups is 1. The van der Waals surface area contributed by atoms with E-state index in [1.165, 1.54) is 24.5 Å². The van der Waals surface area contributed by atoms with E-state index in [9.17, 15) is 10.1 Å². The van der Waals surface area contributed by atoms with Gasteiger partial charge in [0.2, 0.25) is 5.13 Å². The second-order valence-electron chi connectivity index (χ2n) is 8.55. The number of nitrogens with zero attached hydrogens (tertiary/aromatic N) is 3. The average molecular weight is 507 g/mol. The van der Waals surface area contributed by atoms with E-state index in [4.69, 9.17) is 14.2 Å². The zero-order valence-corrected chi connectivity index (χ0v) is 21.9. The summed E-state index contributed by atoms with van der Waals surface area (Å²) in [7, 11) is 1.53. The van der Waals surface area contributed by atoms with Crippen molar-refractivity contribution in [2.75, 3.05) is 25.6 Å². The summed E-state index contributed by atoms with van der Waals surface area (Å²) in [5.41, 5.74) is 2.70. The van der Waals surface area contributed by atoms with Crippen LogP contribution in [-0.2, 0) is 11.2 Å². The molecule has 2 aromatic carbocycles. The first-order valence-electron chi connectivity index (χ1n) is 11.6. The Bertz CT molecular complexity index is 1260. The molecule has 0 radical (unpaired) electrons. The third-order valence-corrected chi connectivity index (χ3v) is 5.99. The summed E-state index contributed by atoms with van der Waals surface area (Å²) < 4.78 is 17.2. The highest BCUT2D eigenvalue weighted by molar-refractivity contribution is 7.15. The molecule has 0 spiro atoms. The fourth-order valence-electron chi connectivity index (χ4n) is 3.43. The first-order valence-corrected chi connectivity index (χ1v) is 12.4. The van der Waals surface area contributed by atoms with E-state index in [1.54, 1.807) is 18.2 Å². The second-order valence-corrected chi connectivity index (χ2v) is 9.61. The van der Waals surface area contributed by atoms with Crippen LogP contribution in [0.4, 0.5) is 5.13 Å². The van der Waals surface area contributed by atoms with Crippen molar-refractivity contribution in [1.29, 1.82) is 5.26 Å². The molecule has 3 aromatic rings. The molecule has 0 aliphatic carbocycles. The zero-order chi connectivity index (χ0) is 26.1. The molecule has 1 aromatic heterocycles. The van der Waals surface area contributed by atoms with Crippen LogP contribution in [0.3, 0.4) is 0 Å². The molecule has 0 saturated heterocycles. The molecular formula is C27H30N4O4S. The molecule has 8 nitrogen and oxygen atoms in total. The first kappa shape index (κ1) is 26.7. The van der Waals surface area contributed by atoms with Crippen molar-refractivity contribution in [2.24, 2.45) is 5.92 Å². The van der Waals surface area contributed by atoms with E-state index in [2.05, 4.69) is 29.4 Å². The topological polar surface area (TPSA) is 106 Å². The summed E-state index contributed by atoms with van der Waals surface area (Å²) in [4.78, 5) is 12.6. The number of anilines is 1. The molecule has 36 heavy (non-hydrogen) atoms. The van der Waals surface area contributed by atoms with Gasteiger partial charge in [0.05, 0.1) is 7.11 Å². The molecule has 188 valence electrons. The van der Waals surface area contributed by atoms with Crippen molar-refractivity contribution in [3.05, 3.63) is 63.7 Å². The van der Waals surface area contributed by atoms with E-state index >= 15 is 0 Å². The van der Waals surface area contributed by atoms with Crippen molar-refractivity contribution in [1.82, 2.24) is 10.2 Å². The Morgan fingerprint density at radius 3 is 2.50 bits per heavy atom. The molecule has 0 saturated carbocycles. The number of nitriles is 1. The highest BCUT2D eigenvalue weighted by Gasteiger charge is 2.14. The number of methoxy groups -OCH3 is 1. The summed E-state index contributed by atoms with van der Waals surface area (Å²) in [6.07, 6.45) is 2.27. The standard InChI is InChI=1S/C27H30N4O4S/c1-17(2)13-24-30-31-27(36-24)29-26(32)21(16-28)14-20-9-10-22(23(15-20)33-5)34-11-12-35-25-18(3)7-6-8-19(25)4/h6-10,14-15,17H,11-13H2,1-5H3,(H,29,31,32)/b21-14-. The van der Waals surface area contributed by atoms with Gasteiger partial charge >= 0.3 is 0 Å². The number of aromatic nitrogens is 2. The Kier molecular flexibility index (Phi) is 9.42. The van der Waals surface area contributed by atoms with E-state index in [0.29, 0.717) is 41.3 Å². The van der Waals surface area contributed by atoms with Crippen molar-refractivity contribution >= 4 is 28.5 Å². The number of carbonyl (C=O) groups excluding carboxylic acids is 1. The number of nitrogens with one attached hydrogen (secondary N) is 1. The largest absolute Gasteiger partial charge is 0.493 e. The van der Waals surface area contributed by atoms with Crippen molar-refractivity contribution < 1.29 is 19.0 Å². The maximum absolute atomic E-state index is 12.6. The summed E-state index contributed by atoms with van der Waals surface area (Å²) in [5.74, 6) is 1.77. The van der Waals surface area contributed by atoms with Gasteiger partial charge in [-0.05, 0) is 54.7 Å². The van der Waals surface area contributed by atoms with Crippen LogP contribution in [0.5, 0.6) is 17.2 Å². The van der Waals surface area contributed by atoms with Gasteiger partial charge in [-0.2, -0.15) is 5.26 Å². The number of hydrogen-bond acceptors (Lipinski definition) is 8. The predicted octanol–water partition coefficient (Wildman–Crippen LogP) is 5.37. The lowest BCUT2D eigenvalue weighted by Crippen LogP contribution is -2.13. The fraction of sp³-hybridized carbons (Fsp3) is 0.333. The smallest absolute Gasteiger partial charge is 0.268 e. The Balaban J connectivity index is 1.63. The van der Waals surface area contributed by atoms with Crippen LogP contribution in [0, 0.1) is 31.1 Å². The van der Waals surface area contributed by atoms with E-state index < -0.39 is 5.91 Å². The number of rotatable bonds is 11. The highest BCUT2D eigenvalue weighted by Crippen LogP contribution is 2.29. The number of benzene rings is 2. The van der Waals surface area contributed by atoms with Gasteiger partial charge in [0, 0.05) is 6.42 Å². The molecule has 1 amide bonds. The van der Waals surface area contributed by atoms with Crippen LogP contribution in [0.15, 0.2) is 42.0 Å². The lowest BCUT2D eigenvalue weighted by atomic mass is 10.1.